The van der Waals surface area contributed by atoms with Crippen LogP contribution in [0.1, 0.15) is 19.3 Å². The van der Waals surface area contributed by atoms with Gasteiger partial charge < -0.3 is 15.4 Å². The molecule has 0 aromatic heterocycles. The number of anilines is 1. The van der Waals surface area contributed by atoms with Gasteiger partial charge in [-0.1, -0.05) is 12.1 Å². The minimum absolute atomic E-state index is 0.0772. The van der Waals surface area contributed by atoms with Gasteiger partial charge in [-0.3, -0.25) is 9.59 Å². The number of para-hydroxylation sites is 2. The standard InChI is InChI=1S/C15H18N2O3/c18-14(16-8-10-5-6-10)7-11-9-20-13-4-2-1-3-12(13)17-15(11)19/h1-4,10-11H,5-9H2,(H,16,18)(H,17,19). The third-order valence-electron chi connectivity index (χ3n) is 3.67. The highest BCUT2D eigenvalue weighted by Crippen LogP contribution is 2.29. The maximum atomic E-state index is 12.1. The Bertz CT molecular complexity index is 526. The third-order valence-corrected chi connectivity index (χ3v) is 3.67. The van der Waals surface area contributed by atoms with E-state index in [1.54, 1.807) is 6.07 Å². The van der Waals surface area contributed by atoms with E-state index >= 15 is 0 Å². The Labute approximate surface area is 117 Å². The molecule has 1 aromatic rings. The molecule has 1 atom stereocenters. The molecule has 2 aliphatic rings. The highest BCUT2D eigenvalue weighted by molar-refractivity contribution is 5.97. The lowest BCUT2D eigenvalue weighted by Gasteiger charge is -2.12. The highest BCUT2D eigenvalue weighted by Gasteiger charge is 2.28. The molecule has 5 nitrogen and oxygen atoms in total. The van der Waals surface area contributed by atoms with Gasteiger partial charge in [-0.15, -0.1) is 0 Å². The Balaban J connectivity index is 1.57. The molecule has 1 aliphatic carbocycles. The predicted molar refractivity (Wildman–Crippen MR) is 74.4 cm³/mol. The Kier molecular flexibility index (Phi) is 3.58. The Morgan fingerprint density at radius 2 is 2.15 bits per heavy atom. The summed E-state index contributed by atoms with van der Waals surface area (Å²) in [5.41, 5.74) is 0.665. The summed E-state index contributed by atoms with van der Waals surface area (Å²) < 4.78 is 5.61. The van der Waals surface area contributed by atoms with E-state index in [-0.39, 0.29) is 24.8 Å². The van der Waals surface area contributed by atoms with Crippen molar-refractivity contribution >= 4 is 17.5 Å². The summed E-state index contributed by atoms with van der Waals surface area (Å²) in [7, 11) is 0. The molecule has 0 saturated heterocycles. The summed E-state index contributed by atoms with van der Waals surface area (Å²) in [6, 6.07) is 7.30. The average Bonchev–Trinajstić information content (AvgIpc) is 3.26. The van der Waals surface area contributed by atoms with Crippen LogP contribution in [-0.4, -0.2) is 25.0 Å². The first-order valence-electron chi connectivity index (χ1n) is 7.02. The van der Waals surface area contributed by atoms with Crippen molar-refractivity contribution in [2.75, 3.05) is 18.5 Å². The van der Waals surface area contributed by atoms with Crippen molar-refractivity contribution in [2.45, 2.75) is 19.3 Å². The second kappa shape index (κ2) is 5.53. The summed E-state index contributed by atoms with van der Waals surface area (Å²) in [5.74, 6) is 0.619. The number of nitrogens with one attached hydrogen (secondary N) is 2. The van der Waals surface area contributed by atoms with Crippen LogP contribution in [0.25, 0.3) is 0 Å². The largest absolute Gasteiger partial charge is 0.491 e. The summed E-state index contributed by atoms with van der Waals surface area (Å²) in [6.07, 6.45) is 2.57. The van der Waals surface area contributed by atoms with Crippen LogP contribution >= 0.6 is 0 Å². The minimum atomic E-state index is -0.443. The summed E-state index contributed by atoms with van der Waals surface area (Å²) in [4.78, 5) is 23.9. The molecule has 2 amide bonds. The fourth-order valence-electron chi connectivity index (χ4n) is 2.22. The molecule has 0 radical (unpaired) electrons. The van der Waals surface area contributed by atoms with E-state index in [9.17, 15) is 9.59 Å². The van der Waals surface area contributed by atoms with Gasteiger partial charge in [0.2, 0.25) is 11.8 Å². The number of rotatable bonds is 4. The van der Waals surface area contributed by atoms with E-state index < -0.39 is 5.92 Å². The summed E-state index contributed by atoms with van der Waals surface area (Å²) in [6.45, 7) is 0.966. The SMILES string of the molecule is O=C(CC1COc2ccccc2NC1=O)NCC1CC1. The van der Waals surface area contributed by atoms with Gasteiger partial charge in [0.25, 0.3) is 0 Å². The number of amides is 2. The zero-order valence-corrected chi connectivity index (χ0v) is 11.2. The maximum absolute atomic E-state index is 12.1. The lowest BCUT2D eigenvalue weighted by atomic mass is 10.1. The van der Waals surface area contributed by atoms with Crippen molar-refractivity contribution in [3.8, 4) is 5.75 Å². The van der Waals surface area contributed by atoms with Gasteiger partial charge in [0.05, 0.1) is 11.6 Å². The molecule has 1 unspecified atom stereocenters. The first-order valence-corrected chi connectivity index (χ1v) is 7.02. The summed E-state index contributed by atoms with van der Waals surface area (Å²) >= 11 is 0. The van der Waals surface area contributed by atoms with Gasteiger partial charge >= 0.3 is 0 Å². The predicted octanol–water partition coefficient (Wildman–Crippen LogP) is 1.55. The van der Waals surface area contributed by atoms with Gasteiger partial charge in [-0.05, 0) is 30.9 Å². The molecule has 1 saturated carbocycles. The zero-order valence-electron chi connectivity index (χ0n) is 11.2. The third kappa shape index (κ3) is 3.10. The van der Waals surface area contributed by atoms with E-state index in [1.165, 1.54) is 12.8 Å². The van der Waals surface area contributed by atoms with Crippen LogP contribution in [0.15, 0.2) is 24.3 Å². The van der Waals surface area contributed by atoms with Crippen LogP contribution in [0, 0.1) is 11.8 Å². The molecular formula is C15H18N2O3. The molecule has 0 bridgehead atoms. The van der Waals surface area contributed by atoms with E-state index in [0.717, 1.165) is 6.54 Å². The van der Waals surface area contributed by atoms with Crippen molar-refractivity contribution in [3.63, 3.8) is 0 Å². The number of hydrogen-bond acceptors (Lipinski definition) is 3. The maximum Gasteiger partial charge on any atom is 0.231 e. The van der Waals surface area contributed by atoms with Crippen LogP contribution in [0.4, 0.5) is 5.69 Å². The number of carbonyl (C=O) groups excluding carboxylic acids is 2. The molecular weight excluding hydrogens is 256 g/mol. The van der Waals surface area contributed by atoms with Crippen LogP contribution in [0.2, 0.25) is 0 Å². The first kappa shape index (κ1) is 13.0. The molecule has 0 spiro atoms. The fourth-order valence-corrected chi connectivity index (χ4v) is 2.22. The normalized spacial score (nSPS) is 21.2. The monoisotopic (exact) mass is 274 g/mol. The van der Waals surface area contributed by atoms with Crippen molar-refractivity contribution in [2.24, 2.45) is 11.8 Å². The van der Waals surface area contributed by atoms with Crippen LogP contribution in [-0.2, 0) is 9.59 Å². The second-order valence-corrected chi connectivity index (χ2v) is 5.44. The van der Waals surface area contributed by atoms with Crippen molar-refractivity contribution in [1.82, 2.24) is 5.32 Å². The van der Waals surface area contributed by atoms with Gasteiger partial charge in [0.15, 0.2) is 0 Å². The topological polar surface area (TPSA) is 67.4 Å². The second-order valence-electron chi connectivity index (χ2n) is 5.44. The lowest BCUT2D eigenvalue weighted by molar-refractivity contribution is -0.128. The number of carbonyl (C=O) groups is 2. The van der Waals surface area contributed by atoms with E-state index in [0.29, 0.717) is 17.4 Å². The molecule has 5 heteroatoms. The van der Waals surface area contributed by atoms with Gasteiger partial charge in [0.1, 0.15) is 12.4 Å². The molecule has 1 heterocycles. The zero-order chi connectivity index (χ0) is 13.9. The number of benzene rings is 1. The number of ether oxygens (including phenoxy) is 1. The number of hydrogen-bond donors (Lipinski definition) is 2. The minimum Gasteiger partial charge on any atom is -0.491 e. The average molecular weight is 274 g/mol. The van der Waals surface area contributed by atoms with Crippen molar-refractivity contribution in [3.05, 3.63) is 24.3 Å². The number of fused-ring (bicyclic) bond motifs is 1. The fraction of sp³-hybridized carbons (Fsp3) is 0.467. The first-order chi connectivity index (χ1) is 9.72. The molecule has 3 rings (SSSR count). The van der Waals surface area contributed by atoms with Crippen LogP contribution in [0.3, 0.4) is 0 Å². The van der Waals surface area contributed by atoms with E-state index in [2.05, 4.69) is 10.6 Å². The van der Waals surface area contributed by atoms with Gasteiger partial charge in [0, 0.05) is 13.0 Å². The quantitative estimate of drug-likeness (QED) is 0.875. The van der Waals surface area contributed by atoms with Crippen LogP contribution in [0.5, 0.6) is 5.75 Å². The molecule has 106 valence electrons. The summed E-state index contributed by atoms with van der Waals surface area (Å²) in [5, 5.41) is 5.69. The van der Waals surface area contributed by atoms with Crippen molar-refractivity contribution in [1.29, 1.82) is 0 Å². The highest BCUT2D eigenvalue weighted by atomic mass is 16.5. The molecule has 20 heavy (non-hydrogen) atoms. The van der Waals surface area contributed by atoms with Crippen molar-refractivity contribution < 1.29 is 14.3 Å². The Morgan fingerprint density at radius 1 is 1.35 bits per heavy atom. The Morgan fingerprint density at radius 3 is 2.95 bits per heavy atom. The van der Waals surface area contributed by atoms with Gasteiger partial charge in [-0.2, -0.15) is 0 Å². The smallest absolute Gasteiger partial charge is 0.231 e. The lowest BCUT2D eigenvalue weighted by Crippen LogP contribution is -2.33. The van der Waals surface area contributed by atoms with Crippen LogP contribution < -0.4 is 15.4 Å². The molecule has 1 aliphatic heterocycles. The Hall–Kier alpha value is -2.04. The molecule has 2 N–H and O–H groups in total. The molecule has 1 aromatic carbocycles. The van der Waals surface area contributed by atoms with E-state index in [4.69, 9.17) is 4.74 Å². The molecule has 1 fully saturated rings. The van der Waals surface area contributed by atoms with E-state index in [1.807, 2.05) is 18.2 Å². The van der Waals surface area contributed by atoms with Gasteiger partial charge in [-0.25, -0.2) is 0 Å².